The number of carboxylic acids is 7. The Hall–Kier alpha value is -17.5. The predicted octanol–water partition coefficient (Wildman–Crippen LogP) is 15.3. The summed E-state index contributed by atoms with van der Waals surface area (Å²) in [5, 5.41) is 145. The number of nitrogen functional groups attached to an aromatic ring is 1. The zero-order valence-corrected chi connectivity index (χ0v) is 61.1. The molecule has 0 aliphatic heterocycles. The van der Waals surface area contributed by atoms with Gasteiger partial charge in [-0.25, -0.2) is 33.6 Å². The molecule has 0 saturated heterocycles. The third-order valence-electron chi connectivity index (χ3n) is 14.8. The summed E-state index contributed by atoms with van der Waals surface area (Å²) in [5.74, 6) is -4.90. The molecule has 14 aromatic carbocycles. The average molecular weight is 1610 g/mol. The fourth-order valence-electron chi connectivity index (χ4n) is 9.14. The molecule has 0 fully saturated rings. The van der Waals surface area contributed by atoms with Gasteiger partial charge in [-0.3, -0.25) is 9.59 Å². The van der Waals surface area contributed by atoms with Gasteiger partial charge in [0.05, 0.1) is 38.9 Å². The van der Waals surface area contributed by atoms with E-state index in [0.29, 0.717) is 27.8 Å². The lowest BCUT2D eigenvalue weighted by atomic mass is 10.0. The second-order valence-electron chi connectivity index (χ2n) is 23.0. The first kappa shape index (κ1) is 92.9. The monoisotopic (exact) mass is 1610 g/mol. The van der Waals surface area contributed by atoms with Gasteiger partial charge in [0.15, 0.2) is 0 Å². The highest BCUT2D eigenvalue weighted by molar-refractivity contribution is 6.05. The Labute approximate surface area is 668 Å². The van der Waals surface area contributed by atoms with Crippen LogP contribution in [0.25, 0.3) is 43.4 Å². The van der Waals surface area contributed by atoms with Crippen LogP contribution < -0.4 is 15.2 Å². The Morgan fingerprint density at radius 2 is 0.576 bits per heavy atom. The minimum absolute atomic E-state index is 0.0279. The lowest BCUT2D eigenvalue weighted by Crippen LogP contribution is -1.96. The Morgan fingerprint density at radius 1 is 0.263 bits per heavy atom. The SMILES string of the molecule is Nc1ccc(O)cc1.O=C(O)c1ccc(O)cc1.O=C(O)c1ccc2cc(O)ccc2c1.O=C(O)c1ccc2ccccc2c1.O=C(O)c1cccc(O)c1.O=C(O)c1cccc2c(O)cccc12.O=C=O.O=COc1ccc(C(=O)O)cc1.O=COc1cccc(C(=O)O)c1.Oc1ccc(-c2ccc(O)cc2)cc1.Oc1ccc(O)cc1. The normalized spacial score (nSPS) is 9.42. The third-order valence-corrected chi connectivity index (χ3v) is 14.8. The highest BCUT2D eigenvalue weighted by Gasteiger charge is 2.11. The molecule has 0 spiro atoms. The van der Waals surface area contributed by atoms with Gasteiger partial charge in [0, 0.05) is 11.1 Å². The summed E-state index contributed by atoms with van der Waals surface area (Å²) >= 11 is 0. The molecule has 14 aromatic rings. The van der Waals surface area contributed by atoms with Gasteiger partial charge in [0.1, 0.15) is 63.2 Å². The molecule has 0 aliphatic carbocycles. The topological polar surface area (TPSA) is 556 Å². The van der Waals surface area contributed by atoms with Gasteiger partial charge in [-0.2, -0.15) is 9.59 Å². The number of carbonyl (C=O) groups excluding carboxylic acids is 4. The minimum atomic E-state index is -1.05. The molecule has 0 bridgehead atoms. The molecular weight excluding hydrogens is 1530 g/mol. The van der Waals surface area contributed by atoms with E-state index in [1.165, 1.54) is 146 Å². The van der Waals surface area contributed by atoms with E-state index in [2.05, 4.69) is 9.47 Å². The number of anilines is 1. The van der Waals surface area contributed by atoms with Crippen molar-refractivity contribution in [3.8, 4) is 74.4 Å². The van der Waals surface area contributed by atoms with Gasteiger partial charge in [0.2, 0.25) is 0 Å². The number of phenols is 9. The summed E-state index contributed by atoms with van der Waals surface area (Å²) in [6.07, 6.45) is 0.250. The van der Waals surface area contributed by atoms with E-state index in [1.54, 1.807) is 109 Å². The van der Waals surface area contributed by atoms with Crippen molar-refractivity contribution in [3.63, 3.8) is 0 Å². The van der Waals surface area contributed by atoms with Crippen molar-refractivity contribution in [2.45, 2.75) is 0 Å². The summed E-state index contributed by atoms with van der Waals surface area (Å²) in [5.41, 5.74) is 9.34. The second kappa shape index (κ2) is 48.9. The van der Waals surface area contributed by atoms with Crippen molar-refractivity contribution in [1.82, 2.24) is 0 Å². The molecule has 0 aromatic heterocycles. The van der Waals surface area contributed by atoms with Crippen molar-refractivity contribution in [2.75, 3.05) is 5.73 Å². The van der Waals surface area contributed by atoms with Crippen LogP contribution in [0.2, 0.25) is 0 Å². The quantitative estimate of drug-likeness (QED) is 0.0307. The Bertz CT molecular complexity index is 5550. The van der Waals surface area contributed by atoms with Gasteiger partial charge >= 0.3 is 47.9 Å². The maximum Gasteiger partial charge on any atom is 0.373 e. The van der Waals surface area contributed by atoms with Crippen LogP contribution in [-0.4, -0.2) is 143 Å². The predicted molar refractivity (Wildman–Crippen MR) is 429 cm³/mol. The number of nitrogens with two attached hydrogens (primary N) is 1. The number of ether oxygens (including phenoxy) is 2. The zero-order valence-electron chi connectivity index (χ0n) is 61.1. The molecule has 14 rings (SSSR count). The number of carbonyl (C=O) groups is 9. The fraction of sp³-hybridized carbons (Fsp3) is 0. The summed E-state index contributed by atoms with van der Waals surface area (Å²) < 4.78 is 8.92. The second-order valence-corrected chi connectivity index (χ2v) is 23.0. The Morgan fingerprint density at radius 3 is 1.00 bits per heavy atom. The van der Waals surface area contributed by atoms with E-state index in [4.69, 9.17) is 86.8 Å². The molecule has 0 unspecified atom stereocenters. The lowest BCUT2D eigenvalue weighted by Gasteiger charge is -2.03. The number of aromatic hydroxyl groups is 9. The zero-order chi connectivity index (χ0) is 87.2. The smallest absolute Gasteiger partial charge is 0.373 e. The van der Waals surface area contributed by atoms with Crippen molar-refractivity contribution in [1.29, 1.82) is 0 Å². The van der Waals surface area contributed by atoms with Crippen LogP contribution in [0.15, 0.2) is 309 Å². The number of hydrogen-bond donors (Lipinski definition) is 17. The molecule has 0 saturated carbocycles. The molecule has 18 N–H and O–H groups in total. The first-order chi connectivity index (χ1) is 56.2. The molecule has 0 radical (unpaired) electrons. The van der Waals surface area contributed by atoms with Gasteiger partial charge < -0.3 is 96.9 Å². The Kier molecular flexibility index (Phi) is 38.5. The molecule has 0 aliphatic rings. The summed E-state index contributed by atoms with van der Waals surface area (Å²) in [6, 6.07) is 80.2. The molecule has 0 amide bonds. The van der Waals surface area contributed by atoms with Crippen LogP contribution in [0, 0.1) is 0 Å². The maximum absolute atomic E-state index is 10.8. The number of carboxylic acid groups (broad SMARTS) is 7. The van der Waals surface area contributed by atoms with Crippen molar-refractivity contribution in [2.24, 2.45) is 0 Å². The van der Waals surface area contributed by atoms with Crippen LogP contribution in [0.4, 0.5) is 5.69 Å². The molecule has 602 valence electrons. The number of rotatable bonds is 12. The molecular formula is C88H71NO29. The first-order valence-corrected chi connectivity index (χ1v) is 33.4. The molecule has 30 heteroatoms. The number of fused-ring (bicyclic) bond motifs is 3. The van der Waals surface area contributed by atoms with Crippen molar-refractivity contribution < 1.29 is 144 Å². The largest absolute Gasteiger partial charge is 0.508 e. The highest BCUT2D eigenvalue weighted by Crippen LogP contribution is 2.28. The van der Waals surface area contributed by atoms with E-state index in [0.717, 1.165) is 32.7 Å². The summed E-state index contributed by atoms with van der Waals surface area (Å²) in [4.78, 5) is 109. The number of hydrogen-bond acceptors (Lipinski definition) is 23. The number of aromatic carboxylic acids is 7. The highest BCUT2D eigenvalue weighted by atomic mass is 16.5. The van der Waals surface area contributed by atoms with Crippen LogP contribution in [0.1, 0.15) is 72.5 Å². The minimum Gasteiger partial charge on any atom is -0.508 e. The van der Waals surface area contributed by atoms with Crippen molar-refractivity contribution in [3.05, 3.63) is 348 Å². The number of benzene rings is 14. The number of phenolic OH excluding ortho intramolecular Hbond substituents is 9. The van der Waals surface area contributed by atoms with Gasteiger partial charge in [-0.05, 0) is 244 Å². The van der Waals surface area contributed by atoms with Crippen LogP contribution in [-0.2, 0) is 19.2 Å². The molecule has 0 atom stereocenters. The van der Waals surface area contributed by atoms with Crippen LogP contribution in [0.3, 0.4) is 0 Å². The van der Waals surface area contributed by atoms with Gasteiger partial charge in [-0.1, -0.05) is 103 Å². The third kappa shape index (κ3) is 33.8. The van der Waals surface area contributed by atoms with E-state index >= 15 is 0 Å². The van der Waals surface area contributed by atoms with Crippen LogP contribution >= 0.6 is 0 Å². The van der Waals surface area contributed by atoms with E-state index in [-0.39, 0.29) is 110 Å². The van der Waals surface area contributed by atoms with E-state index in [1.807, 2.05) is 54.6 Å². The fourth-order valence-corrected chi connectivity index (χ4v) is 9.14. The summed E-state index contributed by atoms with van der Waals surface area (Å²) in [6.45, 7) is 0.538. The summed E-state index contributed by atoms with van der Waals surface area (Å²) in [7, 11) is 0. The first-order valence-electron chi connectivity index (χ1n) is 33.4. The van der Waals surface area contributed by atoms with Crippen LogP contribution in [0.5, 0.6) is 63.2 Å². The molecule has 0 heterocycles. The average Bonchev–Trinajstić information content (AvgIpc) is 0.812. The van der Waals surface area contributed by atoms with Gasteiger partial charge in [0.25, 0.3) is 12.9 Å². The van der Waals surface area contributed by atoms with Gasteiger partial charge in [-0.15, -0.1) is 0 Å². The van der Waals surface area contributed by atoms with E-state index < -0.39 is 41.8 Å². The maximum atomic E-state index is 10.8. The van der Waals surface area contributed by atoms with Crippen molar-refractivity contribution >= 4 is 98.9 Å². The molecule has 30 nitrogen and oxygen atoms in total. The van der Waals surface area contributed by atoms with E-state index in [9.17, 15) is 53.4 Å². The Balaban J connectivity index is 0.000000276. The molecule has 118 heavy (non-hydrogen) atoms. The lowest BCUT2D eigenvalue weighted by molar-refractivity contribution is -0.191. The standard InChI is InChI=1S/C12H10O2.2C11H8O3.C11H8O2.2C8H6O4.2C7H6O3.C6H7NO.C6H6O2.CO2/c13-11-5-1-9(2-6-11)10-3-7-12(14)8-4-10;12-10-6-2-3-7-8(10)4-1-5-9(7)11(13)14;12-10-4-3-7-5-9(11(13)14)2-1-8(7)6-10;12-11(13)10-6-5-8-3-1-2-4-9(8)7-10;9-5-12-7-3-1-6(2-4-7)8(10)11;9-5-12-7-3-1-2-6(4-7)8(10)11;8-6-3-1-5(2-4-6)7(9)10;8-6-3-1-2-5(4-6)7(9)10;7-5-1-3-6(8)4-2-5;7-5-1-2-6(8)4-3-5;2-1-3/h1-8,13-14H;2*1-6,12H,(H,13,14);1-7H,(H,12,13);2*1-5H,(H,10,11);2*1-4,8H,(H,9,10);1-4,8H,7H2;1-4,7-8H;.